The molecule has 1 amide bonds. The molecule has 11 heteroatoms. The number of nitrogens with zero attached hydrogens (tertiary/aromatic N) is 5. The number of aryl methyl sites for hydroxylation is 2. The Labute approximate surface area is 240 Å². The molecule has 42 heavy (non-hydrogen) atoms. The van der Waals surface area contributed by atoms with E-state index < -0.39 is 23.2 Å². The monoisotopic (exact) mass is 563 g/mol. The molecule has 0 aliphatic heterocycles. The molecule has 210 valence electrons. The molecule has 0 bridgehead atoms. The van der Waals surface area contributed by atoms with E-state index in [4.69, 9.17) is 10.2 Å². The van der Waals surface area contributed by atoms with Crippen LogP contribution in [0.1, 0.15) is 40.2 Å². The maximum atomic E-state index is 14.4. The van der Waals surface area contributed by atoms with Crippen molar-refractivity contribution in [3.8, 4) is 23.0 Å². The number of hydrogen-bond acceptors (Lipinski definition) is 7. The molecule has 2 aromatic carbocycles. The number of allylic oxidation sites excluding steroid dienone is 1. The van der Waals surface area contributed by atoms with E-state index in [1.54, 1.807) is 62.4 Å². The van der Waals surface area contributed by atoms with Gasteiger partial charge < -0.3 is 15.5 Å². The first-order chi connectivity index (χ1) is 20.2. The van der Waals surface area contributed by atoms with E-state index in [1.165, 1.54) is 35.2 Å². The summed E-state index contributed by atoms with van der Waals surface area (Å²) in [5.74, 6) is 5.24. The molecular weight excluding hydrogens is 537 g/mol. The van der Waals surface area contributed by atoms with Crippen molar-refractivity contribution in [1.82, 2.24) is 24.9 Å². The standard InChI is InChI=1S/C31H26FN7O3/c1-5-14-34-30-26(29(33)37-39(30)4)31(41)36-18(2)28-25(21-9-6-10-22(32)15-21)27(40)24-20(8-7-11-23(24)42-28)13-12-19-16-35-38(3)17-19/h5-11,14-18H,1H2,2-4H3,(H2,33,37)(H,36,41)/b34-14-. The van der Waals surface area contributed by atoms with Gasteiger partial charge in [-0.05, 0) is 36.8 Å². The highest BCUT2D eigenvalue weighted by Crippen LogP contribution is 2.31. The molecule has 0 aliphatic carbocycles. The zero-order chi connectivity index (χ0) is 30.0. The van der Waals surface area contributed by atoms with Crippen molar-refractivity contribution in [3.05, 3.63) is 106 Å². The van der Waals surface area contributed by atoms with Crippen LogP contribution in [0.25, 0.3) is 22.1 Å². The van der Waals surface area contributed by atoms with Gasteiger partial charge in [-0.3, -0.25) is 14.3 Å². The maximum Gasteiger partial charge on any atom is 0.259 e. The van der Waals surface area contributed by atoms with E-state index in [9.17, 15) is 14.0 Å². The minimum absolute atomic E-state index is 0.0273. The van der Waals surface area contributed by atoms with Gasteiger partial charge in [-0.1, -0.05) is 42.7 Å². The number of amides is 1. The van der Waals surface area contributed by atoms with Gasteiger partial charge in [-0.15, -0.1) is 0 Å². The number of anilines is 1. The molecule has 0 saturated heterocycles. The molecule has 3 N–H and O–H groups in total. The number of aromatic nitrogens is 4. The fourth-order valence-electron chi connectivity index (χ4n) is 4.57. The summed E-state index contributed by atoms with van der Waals surface area (Å²) in [6, 6.07) is 9.82. The molecule has 0 radical (unpaired) electrons. The van der Waals surface area contributed by atoms with Crippen LogP contribution in [0.2, 0.25) is 0 Å². The largest absolute Gasteiger partial charge is 0.458 e. The lowest BCUT2D eigenvalue weighted by Gasteiger charge is -2.18. The molecule has 3 aromatic heterocycles. The molecule has 10 nitrogen and oxygen atoms in total. The molecule has 0 spiro atoms. The Morgan fingerprint density at radius 3 is 2.74 bits per heavy atom. The summed E-state index contributed by atoms with van der Waals surface area (Å²) >= 11 is 0. The van der Waals surface area contributed by atoms with E-state index >= 15 is 0 Å². The average Bonchev–Trinajstić information content (AvgIpc) is 3.50. The highest BCUT2D eigenvalue weighted by atomic mass is 19.1. The zero-order valence-corrected chi connectivity index (χ0v) is 23.1. The van der Waals surface area contributed by atoms with Crippen molar-refractivity contribution in [2.45, 2.75) is 13.0 Å². The minimum Gasteiger partial charge on any atom is -0.458 e. The van der Waals surface area contributed by atoms with E-state index in [1.807, 2.05) is 0 Å². The number of benzene rings is 2. The first kappa shape index (κ1) is 27.8. The van der Waals surface area contributed by atoms with Crippen molar-refractivity contribution in [3.63, 3.8) is 0 Å². The van der Waals surface area contributed by atoms with Crippen LogP contribution in [0.15, 0.2) is 81.7 Å². The predicted octanol–water partition coefficient (Wildman–Crippen LogP) is 4.43. The van der Waals surface area contributed by atoms with Crippen LogP contribution in [0.5, 0.6) is 0 Å². The van der Waals surface area contributed by atoms with Crippen molar-refractivity contribution >= 4 is 34.7 Å². The van der Waals surface area contributed by atoms with Crippen molar-refractivity contribution in [1.29, 1.82) is 0 Å². The summed E-state index contributed by atoms with van der Waals surface area (Å²) in [6.45, 7) is 5.24. The van der Waals surface area contributed by atoms with Gasteiger partial charge in [0, 0.05) is 32.1 Å². The molecule has 0 fully saturated rings. The normalized spacial score (nSPS) is 11.8. The van der Waals surface area contributed by atoms with Crippen LogP contribution in [0, 0.1) is 17.7 Å². The third-order valence-corrected chi connectivity index (χ3v) is 6.42. The lowest BCUT2D eigenvalue weighted by molar-refractivity contribution is 0.0937. The van der Waals surface area contributed by atoms with Gasteiger partial charge in [0.05, 0.1) is 28.8 Å². The Morgan fingerprint density at radius 2 is 2.02 bits per heavy atom. The molecule has 0 aliphatic rings. The molecule has 5 rings (SSSR count). The Kier molecular flexibility index (Phi) is 7.53. The molecule has 5 aromatic rings. The molecule has 0 saturated carbocycles. The van der Waals surface area contributed by atoms with Crippen molar-refractivity contribution in [2.75, 3.05) is 5.73 Å². The van der Waals surface area contributed by atoms with Crippen LogP contribution in [0.3, 0.4) is 0 Å². The smallest absolute Gasteiger partial charge is 0.259 e. The number of aliphatic imine (C=N–C) groups is 1. The van der Waals surface area contributed by atoms with Crippen LogP contribution < -0.4 is 16.5 Å². The lowest BCUT2D eigenvalue weighted by atomic mass is 9.97. The molecule has 3 heterocycles. The average molecular weight is 564 g/mol. The second kappa shape index (κ2) is 11.4. The van der Waals surface area contributed by atoms with Gasteiger partial charge in [0.1, 0.15) is 22.7 Å². The molecule has 1 atom stereocenters. The molecular formula is C31H26FN7O3. The van der Waals surface area contributed by atoms with Crippen molar-refractivity contribution in [2.24, 2.45) is 19.1 Å². The number of nitrogen functional groups attached to an aromatic ring is 1. The number of fused-ring (bicyclic) bond motifs is 1. The Morgan fingerprint density at radius 1 is 1.24 bits per heavy atom. The Balaban J connectivity index is 1.65. The first-order valence-corrected chi connectivity index (χ1v) is 12.8. The fraction of sp³-hybridized carbons (Fsp3) is 0.129. The number of carbonyl (C=O) groups excluding carboxylic acids is 1. The summed E-state index contributed by atoms with van der Waals surface area (Å²) in [7, 11) is 3.38. The third kappa shape index (κ3) is 5.33. The second-order valence-corrected chi connectivity index (χ2v) is 9.43. The third-order valence-electron chi connectivity index (χ3n) is 6.42. The van der Waals surface area contributed by atoms with E-state index in [0.717, 1.165) is 0 Å². The van der Waals surface area contributed by atoms with E-state index in [-0.39, 0.29) is 45.1 Å². The first-order valence-electron chi connectivity index (χ1n) is 12.8. The highest BCUT2D eigenvalue weighted by Gasteiger charge is 2.27. The van der Waals surface area contributed by atoms with Crippen LogP contribution in [0.4, 0.5) is 16.0 Å². The number of nitrogens with one attached hydrogen (secondary N) is 1. The van der Waals surface area contributed by atoms with E-state index in [2.05, 4.69) is 38.9 Å². The summed E-state index contributed by atoms with van der Waals surface area (Å²) < 4.78 is 23.6. The summed E-state index contributed by atoms with van der Waals surface area (Å²) in [5, 5.41) is 11.3. The maximum absolute atomic E-state index is 14.4. The number of halogens is 1. The number of nitrogens with two attached hydrogens (primary N) is 1. The summed E-state index contributed by atoms with van der Waals surface area (Å²) in [6.07, 6.45) is 6.24. The zero-order valence-electron chi connectivity index (χ0n) is 23.1. The topological polar surface area (TPSA) is 133 Å². The van der Waals surface area contributed by atoms with Gasteiger partial charge in [0.15, 0.2) is 11.6 Å². The minimum atomic E-state index is -0.853. The van der Waals surface area contributed by atoms with Gasteiger partial charge >= 0.3 is 0 Å². The predicted molar refractivity (Wildman–Crippen MR) is 159 cm³/mol. The highest BCUT2D eigenvalue weighted by molar-refractivity contribution is 6.03. The van der Waals surface area contributed by atoms with Gasteiger partial charge in [0.25, 0.3) is 5.91 Å². The van der Waals surface area contributed by atoms with Crippen LogP contribution >= 0.6 is 0 Å². The number of hydrogen-bond donors (Lipinski definition) is 2. The van der Waals surface area contributed by atoms with Gasteiger partial charge in [-0.25, -0.2) is 14.1 Å². The SMILES string of the molecule is C=C/C=N\c1c(C(=O)NC(C)c2oc3cccc(C#Cc4cnn(C)c4)c3c(=O)c2-c2cccc(F)c2)c(N)nn1C. The van der Waals surface area contributed by atoms with Crippen molar-refractivity contribution < 1.29 is 13.6 Å². The van der Waals surface area contributed by atoms with Crippen LogP contribution in [-0.4, -0.2) is 31.7 Å². The second-order valence-electron chi connectivity index (χ2n) is 9.43. The molecule has 1 unspecified atom stereocenters. The number of carbonyl (C=O) groups is 1. The fourth-order valence-corrected chi connectivity index (χ4v) is 4.57. The Bertz CT molecular complexity index is 2010. The van der Waals surface area contributed by atoms with Gasteiger partial charge in [-0.2, -0.15) is 10.2 Å². The van der Waals surface area contributed by atoms with Gasteiger partial charge in [0.2, 0.25) is 5.43 Å². The van der Waals surface area contributed by atoms with Crippen LogP contribution in [-0.2, 0) is 14.1 Å². The van der Waals surface area contributed by atoms with E-state index in [0.29, 0.717) is 11.1 Å². The quantitative estimate of drug-likeness (QED) is 0.232. The summed E-state index contributed by atoms with van der Waals surface area (Å²) in [5.41, 5.74) is 7.38. The summed E-state index contributed by atoms with van der Waals surface area (Å²) in [4.78, 5) is 31.8. The number of rotatable bonds is 6. The lowest BCUT2D eigenvalue weighted by Crippen LogP contribution is -2.28. The Hall–Kier alpha value is -5.76.